The number of carbonyl (C=O) groups is 1. The van der Waals surface area contributed by atoms with Crippen LogP contribution in [0.1, 0.15) is 19.4 Å². The molecule has 3 nitrogen and oxygen atoms in total. The smallest absolute Gasteiger partial charge is 0.416 e. The molecule has 1 aromatic carbocycles. The van der Waals surface area contributed by atoms with Crippen molar-refractivity contribution < 1.29 is 22.7 Å². The molecule has 1 N–H and O–H groups in total. The molecule has 1 aromatic rings. The Morgan fingerprint density at radius 2 is 2.06 bits per heavy atom. The van der Waals surface area contributed by atoms with E-state index in [1.165, 1.54) is 12.1 Å². The van der Waals surface area contributed by atoms with Crippen molar-refractivity contribution in [2.45, 2.75) is 26.1 Å². The van der Waals surface area contributed by atoms with Crippen molar-refractivity contribution in [2.24, 2.45) is 0 Å². The molecule has 0 saturated carbocycles. The van der Waals surface area contributed by atoms with Gasteiger partial charge in [0.15, 0.2) is 0 Å². The van der Waals surface area contributed by atoms with Crippen LogP contribution in [-0.2, 0) is 15.7 Å². The van der Waals surface area contributed by atoms with E-state index in [9.17, 15) is 18.0 Å². The third-order valence-electron chi connectivity index (χ3n) is 1.99. The predicted molar refractivity (Wildman–Crippen MR) is 61.2 cm³/mol. The summed E-state index contributed by atoms with van der Waals surface area (Å²) in [5, 5.41) is 2.59. The highest BCUT2D eigenvalue weighted by molar-refractivity contribution is 5.75. The molecule has 0 fully saturated rings. The van der Waals surface area contributed by atoms with E-state index in [1.54, 1.807) is 13.8 Å². The van der Waals surface area contributed by atoms with E-state index < -0.39 is 17.7 Å². The number of benzene rings is 1. The topological polar surface area (TPSA) is 38.3 Å². The Bertz CT molecular complexity index is 416. The number of hydrogen-bond acceptors (Lipinski definition) is 3. The van der Waals surface area contributed by atoms with Gasteiger partial charge in [0.25, 0.3) is 0 Å². The molecule has 0 atom stereocenters. The Labute approximate surface area is 103 Å². The van der Waals surface area contributed by atoms with Crippen LogP contribution in [-0.4, -0.2) is 18.6 Å². The summed E-state index contributed by atoms with van der Waals surface area (Å²) >= 11 is 0. The van der Waals surface area contributed by atoms with Gasteiger partial charge in [0, 0.05) is 5.69 Å². The maximum absolute atomic E-state index is 12.4. The predicted octanol–water partition coefficient (Wildman–Crippen LogP) is 3.07. The minimum atomic E-state index is -4.39. The number of alkyl halides is 3. The van der Waals surface area contributed by atoms with Crippen molar-refractivity contribution >= 4 is 11.7 Å². The van der Waals surface area contributed by atoms with Gasteiger partial charge >= 0.3 is 12.1 Å². The van der Waals surface area contributed by atoms with E-state index in [0.29, 0.717) is 0 Å². The zero-order chi connectivity index (χ0) is 13.8. The monoisotopic (exact) mass is 261 g/mol. The molecule has 0 heterocycles. The Morgan fingerprint density at radius 3 is 2.61 bits per heavy atom. The quantitative estimate of drug-likeness (QED) is 0.846. The summed E-state index contributed by atoms with van der Waals surface area (Å²) < 4.78 is 42.1. The first-order chi connectivity index (χ1) is 8.29. The molecule has 0 aliphatic carbocycles. The van der Waals surface area contributed by atoms with Crippen LogP contribution in [0.3, 0.4) is 0 Å². The second kappa shape index (κ2) is 5.75. The largest absolute Gasteiger partial charge is 0.462 e. The summed E-state index contributed by atoms with van der Waals surface area (Å²) in [7, 11) is 0. The SMILES string of the molecule is CC(C)OC(=O)CNc1cccc(C(F)(F)F)c1. The van der Waals surface area contributed by atoms with E-state index >= 15 is 0 Å². The fourth-order valence-corrected chi connectivity index (χ4v) is 1.28. The first kappa shape index (κ1) is 14.3. The normalized spacial score (nSPS) is 11.4. The summed E-state index contributed by atoms with van der Waals surface area (Å²) in [5.74, 6) is -0.512. The molecule has 0 spiro atoms. The van der Waals surface area contributed by atoms with Gasteiger partial charge in [-0.25, -0.2) is 0 Å². The molecule has 0 radical (unpaired) electrons. The summed E-state index contributed by atoms with van der Waals surface area (Å²) in [6, 6.07) is 4.65. The van der Waals surface area contributed by atoms with Gasteiger partial charge in [-0.1, -0.05) is 6.07 Å². The highest BCUT2D eigenvalue weighted by Gasteiger charge is 2.30. The maximum atomic E-state index is 12.4. The van der Waals surface area contributed by atoms with Crippen molar-refractivity contribution in [3.05, 3.63) is 29.8 Å². The summed E-state index contributed by atoms with van der Waals surface area (Å²) in [6.07, 6.45) is -4.64. The summed E-state index contributed by atoms with van der Waals surface area (Å²) in [4.78, 5) is 11.2. The minimum Gasteiger partial charge on any atom is -0.462 e. The van der Waals surface area contributed by atoms with E-state index in [2.05, 4.69) is 5.32 Å². The second-order valence-corrected chi connectivity index (χ2v) is 3.97. The number of rotatable bonds is 4. The van der Waals surface area contributed by atoms with E-state index in [0.717, 1.165) is 12.1 Å². The lowest BCUT2D eigenvalue weighted by Crippen LogP contribution is -2.20. The van der Waals surface area contributed by atoms with Gasteiger partial charge in [0.2, 0.25) is 0 Å². The van der Waals surface area contributed by atoms with Crippen LogP contribution in [0, 0.1) is 0 Å². The van der Waals surface area contributed by atoms with Crippen molar-refractivity contribution in [1.29, 1.82) is 0 Å². The molecule has 0 aliphatic heterocycles. The van der Waals surface area contributed by atoms with E-state index in [4.69, 9.17) is 4.74 Å². The molecule has 100 valence electrons. The lowest BCUT2D eigenvalue weighted by atomic mass is 10.2. The molecule has 0 saturated heterocycles. The van der Waals surface area contributed by atoms with Crippen molar-refractivity contribution in [2.75, 3.05) is 11.9 Å². The fourth-order valence-electron chi connectivity index (χ4n) is 1.28. The Morgan fingerprint density at radius 1 is 1.39 bits per heavy atom. The highest BCUT2D eigenvalue weighted by Crippen LogP contribution is 2.30. The standard InChI is InChI=1S/C12H14F3NO2/c1-8(2)18-11(17)7-16-10-5-3-4-9(6-10)12(13,14)15/h3-6,8,16H,7H2,1-2H3. The van der Waals surface area contributed by atoms with Gasteiger partial charge in [0.1, 0.15) is 6.54 Å². The number of halogens is 3. The molecule has 18 heavy (non-hydrogen) atoms. The molecule has 0 aromatic heterocycles. The zero-order valence-corrected chi connectivity index (χ0v) is 10.0. The second-order valence-electron chi connectivity index (χ2n) is 3.97. The third-order valence-corrected chi connectivity index (χ3v) is 1.99. The van der Waals surface area contributed by atoms with Crippen LogP contribution in [0.5, 0.6) is 0 Å². The molecular formula is C12H14F3NO2. The number of anilines is 1. The average Bonchev–Trinajstić information content (AvgIpc) is 2.25. The molecule has 1 rings (SSSR count). The number of ether oxygens (including phenoxy) is 1. The zero-order valence-electron chi connectivity index (χ0n) is 10.0. The molecular weight excluding hydrogens is 247 g/mol. The van der Waals surface area contributed by atoms with Crippen LogP contribution >= 0.6 is 0 Å². The fraction of sp³-hybridized carbons (Fsp3) is 0.417. The number of esters is 1. The molecule has 0 bridgehead atoms. The Hall–Kier alpha value is -1.72. The first-order valence-electron chi connectivity index (χ1n) is 5.39. The average molecular weight is 261 g/mol. The minimum absolute atomic E-state index is 0.167. The highest BCUT2D eigenvalue weighted by atomic mass is 19.4. The number of hydrogen-bond donors (Lipinski definition) is 1. The van der Waals surface area contributed by atoms with Gasteiger partial charge < -0.3 is 10.1 Å². The maximum Gasteiger partial charge on any atom is 0.416 e. The Balaban J connectivity index is 2.61. The molecule has 0 amide bonds. The van der Waals surface area contributed by atoms with Crippen molar-refractivity contribution in [3.8, 4) is 0 Å². The van der Waals surface area contributed by atoms with Crippen molar-refractivity contribution in [1.82, 2.24) is 0 Å². The first-order valence-corrected chi connectivity index (χ1v) is 5.39. The van der Waals surface area contributed by atoms with Crippen molar-refractivity contribution in [3.63, 3.8) is 0 Å². The summed E-state index contributed by atoms with van der Waals surface area (Å²) in [6.45, 7) is 3.23. The third kappa shape index (κ3) is 4.65. The molecule has 0 unspecified atom stereocenters. The van der Waals surface area contributed by atoms with Gasteiger partial charge in [-0.15, -0.1) is 0 Å². The lowest BCUT2D eigenvalue weighted by Gasteiger charge is -2.11. The number of carbonyl (C=O) groups excluding carboxylic acids is 1. The van der Waals surface area contributed by atoms with Crippen LogP contribution in [0.25, 0.3) is 0 Å². The van der Waals surface area contributed by atoms with Gasteiger partial charge in [-0.3, -0.25) is 4.79 Å². The van der Waals surface area contributed by atoms with Crippen LogP contribution in [0.2, 0.25) is 0 Å². The number of nitrogens with one attached hydrogen (secondary N) is 1. The summed E-state index contributed by atoms with van der Waals surface area (Å²) in [5.41, 5.74) is -0.532. The van der Waals surface area contributed by atoms with Gasteiger partial charge in [0.05, 0.1) is 11.7 Å². The van der Waals surface area contributed by atoms with E-state index in [1.807, 2.05) is 0 Å². The Kier molecular flexibility index (Phi) is 4.58. The molecule has 0 aliphatic rings. The van der Waals surface area contributed by atoms with Gasteiger partial charge in [-0.05, 0) is 32.0 Å². The van der Waals surface area contributed by atoms with Crippen LogP contribution in [0.15, 0.2) is 24.3 Å². The van der Waals surface area contributed by atoms with Crippen LogP contribution in [0.4, 0.5) is 18.9 Å². The van der Waals surface area contributed by atoms with Crippen LogP contribution < -0.4 is 5.32 Å². The van der Waals surface area contributed by atoms with E-state index in [-0.39, 0.29) is 18.3 Å². The molecule has 6 heteroatoms. The lowest BCUT2D eigenvalue weighted by molar-refractivity contribution is -0.145. The van der Waals surface area contributed by atoms with Gasteiger partial charge in [-0.2, -0.15) is 13.2 Å².